The lowest BCUT2D eigenvalue weighted by molar-refractivity contribution is 0.122. The lowest BCUT2D eigenvalue weighted by Crippen LogP contribution is -1.96. The summed E-state index contributed by atoms with van der Waals surface area (Å²) in [6, 6.07) is 8.23. The summed E-state index contributed by atoms with van der Waals surface area (Å²) in [4.78, 5) is 4.52. The summed E-state index contributed by atoms with van der Waals surface area (Å²) in [5.41, 5.74) is 3.26. The molecule has 1 aromatic heterocycles. The van der Waals surface area contributed by atoms with E-state index in [0.717, 1.165) is 29.3 Å². The van der Waals surface area contributed by atoms with Crippen LogP contribution in [0.15, 0.2) is 29.6 Å². The molecule has 18 heavy (non-hydrogen) atoms. The van der Waals surface area contributed by atoms with Crippen molar-refractivity contribution in [3.63, 3.8) is 0 Å². The van der Waals surface area contributed by atoms with Crippen LogP contribution in [0.3, 0.4) is 0 Å². The molecular formula is C14H16ClNOS. The first-order valence-corrected chi connectivity index (χ1v) is 7.43. The third-order valence-corrected chi connectivity index (χ3v) is 3.74. The molecule has 0 aliphatic rings. The SMILES string of the molecule is CCCOCc1ccccc1-c1nc(CCl)cs1. The van der Waals surface area contributed by atoms with E-state index in [4.69, 9.17) is 16.3 Å². The Morgan fingerprint density at radius 1 is 1.33 bits per heavy atom. The molecule has 0 saturated carbocycles. The molecule has 0 radical (unpaired) electrons. The summed E-state index contributed by atoms with van der Waals surface area (Å²) in [5.74, 6) is 0.463. The van der Waals surface area contributed by atoms with Gasteiger partial charge in [-0.25, -0.2) is 4.98 Å². The smallest absolute Gasteiger partial charge is 0.124 e. The number of rotatable bonds is 6. The fourth-order valence-corrected chi connectivity index (χ4v) is 2.78. The van der Waals surface area contributed by atoms with Gasteiger partial charge >= 0.3 is 0 Å². The highest BCUT2D eigenvalue weighted by Gasteiger charge is 2.08. The molecule has 1 aromatic carbocycles. The highest BCUT2D eigenvalue weighted by Crippen LogP contribution is 2.28. The summed E-state index contributed by atoms with van der Waals surface area (Å²) in [7, 11) is 0. The normalized spacial score (nSPS) is 10.8. The largest absolute Gasteiger partial charge is 0.377 e. The maximum Gasteiger partial charge on any atom is 0.124 e. The number of aromatic nitrogens is 1. The molecule has 4 heteroatoms. The number of halogens is 1. The predicted octanol–water partition coefficient (Wildman–Crippen LogP) is 4.48. The zero-order chi connectivity index (χ0) is 12.8. The number of ether oxygens (including phenoxy) is 1. The Morgan fingerprint density at radius 2 is 2.17 bits per heavy atom. The zero-order valence-electron chi connectivity index (χ0n) is 10.4. The van der Waals surface area contributed by atoms with Crippen molar-refractivity contribution in [2.75, 3.05) is 6.61 Å². The van der Waals surface area contributed by atoms with Crippen LogP contribution in [0, 0.1) is 0 Å². The van der Waals surface area contributed by atoms with Crippen molar-refractivity contribution < 1.29 is 4.74 Å². The summed E-state index contributed by atoms with van der Waals surface area (Å²) in [6.07, 6.45) is 1.04. The third kappa shape index (κ3) is 3.31. The van der Waals surface area contributed by atoms with E-state index in [1.54, 1.807) is 11.3 Å². The molecule has 0 spiro atoms. The Morgan fingerprint density at radius 3 is 2.89 bits per heavy atom. The first-order valence-electron chi connectivity index (χ1n) is 6.01. The minimum Gasteiger partial charge on any atom is -0.377 e. The molecule has 0 aliphatic heterocycles. The second-order valence-corrected chi connectivity index (χ2v) is 5.11. The van der Waals surface area contributed by atoms with Crippen LogP contribution >= 0.6 is 22.9 Å². The van der Waals surface area contributed by atoms with E-state index in [2.05, 4.69) is 24.0 Å². The first-order chi connectivity index (χ1) is 8.85. The van der Waals surface area contributed by atoms with Crippen LogP contribution < -0.4 is 0 Å². The van der Waals surface area contributed by atoms with Crippen molar-refractivity contribution >= 4 is 22.9 Å². The van der Waals surface area contributed by atoms with Gasteiger partial charge in [0, 0.05) is 17.6 Å². The standard InChI is InChI=1S/C14H16ClNOS/c1-2-7-17-9-11-5-3-4-6-13(11)14-16-12(8-15)10-18-14/h3-6,10H,2,7-9H2,1H3. The molecule has 0 N–H and O–H groups in total. The Labute approximate surface area is 117 Å². The van der Waals surface area contributed by atoms with Gasteiger partial charge in [-0.3, -0.25) is 0 Å². The monoisotopic (exact) mass is 281 g/mol. The van der Waals surface area contributed by atoms with Crippen molar-refractivity contribution in [2.24, 2.45) is 0 Å². The number of nitrogens with zero attached hydrogens (tertiary/aromatic N) is 1. The van der Waals surface area contributed by atoms with E-state index in [9.17, 15) is 0 Å². The maximum absolute atomic E-state index is 5.79. The number of alkyl halides is 1. The van der Waals surface area contributed by atoms with E-state index in [1.165, 1.54) is 5.56 Å². The Kier molecular flexibility index (Phi) is 5.17. The van der Waals surface area contributed by atoms with Crippen molar-refractivity contribution in [3.8, 4) is 10.6 Å². The van der Waals surface area contributed by atoms with E-state index in [0.29, 0.717) is 12.5 Å². The van der Waals surface area contributed by atoms with Crippen molar-refractivity contribution in [3.05, 3.63) is 40.9 Å². The van der Waals surface area contributed by atoms with E-state index in [1.807, 2.05) is 17.5 Å². The molecular weight excluding hydrogens is 266 g/mol. The predicted molar refractivity (Wildman–Crippen MR) is 77.1 cm³/mol. The van der Waals surface area contributed by atoms with Gasteiger partial charge in [-0.05, 0) is 12.0 Å². The highest BCUT2D eigenvalue weighted by atomic mass is 35.5. The lowest BCUT2D eigenvalue weighted by atomic mass is 10.1. The van der Waals surface area contributed by atoms with Gasteiger partial charge in [0.2, 0.25) is 0 Å². The first kappa shape index (κ1) is 13.5. The maximum atomic E-state index is 5.79. The molecule has 0 bridgehead atoms. The summed E-state index contributed by atoms with van der Waals surface area (Å²) < 4.78 is 5.61. The molecule has 0 fully saturated rings. The summed E-state index contributed by atoms with van der Waals surface area (Å²) in [6.45, 7) is 3.54. The van der Waals surface area contributed by atoms with Crippen LogP contribution in [0.5, 0.6) is 0 Å². The molecule has 0 aliphatic carbocycles. The van der Waals surface area contributed by atoms with Gasteiger partial charge in [-0.15, -0.1) is 22.9 Å². The number of hydrogen-bond acceptors (Lipinski definition) is 3. The average molecular weight is 282 g/mol. The summed E-state index contributed by atoms with van der Waals surface area (Å²) >= 11 is 7.42. The van der Waals surface area contributed by atoms with Crippen LogP contribution in [-0.4, -0.2) is 11.6 Å². The van der Waals surface area contributed by atoms with Crippen LogP contribution in [-0.2, 0) is 17.2 Å². The van der Waals surface area contributed by atoms with Gasteiger partial charge < -0.3 is 4.74 Å². The zero-order valence-corrected chi connectivity index (χ0v) is 11.9. The number of hydrogen-bond donors (Lipinski definition) is 0. The Balaban J connectivity index is 2.20. The van der Waals surface area contributed by atoms with Crippen molar-refractivity contribution in [1.29, 1.82) is 0 Å². The minimum atomic E-state index is 0.463. The molecule has 0 atom stereocenters. The third-order valence-electron chi connectivity index (χ3n) is 2.54. The Bertz CT molecular complexity index is 498. The topological polar surface area (TPSA) is 22.1 Å². The van der Waals surface area contributed by atoms with Gasteiger partial charge in [0.25, 0.3) is 0 Å². The fraction of sp³-hybridized carbons (Fsp3) is 0.357. The molecule has 2 rings (SSSR count). The van der Waals surface area contributed by atoms with Crippen LogP contribution in [0.25, 0.3) is 10.6 Å². The quantitative estimate of drug-likeness (QED) is 0.575. The second kappa shape index (κ2) is 6.88. The molecule has 96 valence electrons. The van der Waals surface area contributed by atoms with Crippen LogP contribution in [0.1, 0.15) is 24.6 Å². The lowest BCUT2D eigenvalue weighted by Gasteiger charge is -2.07. The minimum absolute atomic E-state index is 0.463. The Hall–Kier alpha value is -0.900. The average Bonchev–Trinajstić information content (AvgIpc) is 2.88. The van der Waals surface area contributed by atoms with Crippen LogP contribution in [0.2, 0.25) is 0 Å². The fourth-order valence-electron chi connectivity index (χ4n) is 1.67. The molecule has 1 heterocycles. The molecule has 0 unspecified atom stereocenters. The van der Waals surface area contributed by atoms with E-state index in [-0.39, 0.29) is 0 Å². The molecule has 2 nitrogen and oxygen atoms in total. The van der Waals surface area contributed by atoms with Crippen molar-refractivity contribution in [2.45, 2.75) is 25.8 Å². The van der Waals surface area contributed by atoms with Gasteiger partial charge in [0.15, 0.2) is 0 Å². The number of benzene rings is 1. The number of thiazole rings is 1. The molecule has 0 amide bonds. The highest BCUT2D eigenvalue weighted by molar-refractivity contribution is 7.13. The summed E-state index contributed by atoms with van der Waals surface area (Å²) in [5, 5.41) is 3.02. The van der Waals surface area contributed by atoms with Gasteiger partial charge in [0.05, 0.1) is 18.2 Å². The van der Waals surface area contributed by atoms with Gasteiger partial charge in [-0.2, -0.15) is 0 Å². The van der Waals surface area contributed by atoms with Crippen LogP contribution in [0.4, 0.5) is 0 Å². The second-order valence-electron chi connectivity index (χ2n) is 3.99. The molecule has 0 saturated heterocycles. The van der Waals surface area contributed by atoms with Crippen molar-refractivity contribution in [1.82, 2.24) is 4.98 Å². The molecule has 2 aromatic rings. The van der Waals surface area contributed by atoms with E-state index < -0.39 is 0 Å². The van der Waals surface area contributed by atoms with Gasteiger partial charge in [0.1, 0.15) is 5.01 Å². The van der Waals surface area contributed by atoms with Gasteiger partial charge in [-0.1, -0.05) is 31.2 Å². The van der Waals surface area contributed by atoms with E-state index >= 15 is 0 Å².